The number of allylic oxidation sites excluding steroid dienone is 7. The molecule has 0 spiro atoms. The molecule has 0 radical (unpaired) electrons. The fourth-order valence-corrected chi connectivity index (χ4v) is 14.8. The zero-order valence-corrected chi connectivity index (χ0v) is 32.8. The molecule has 1 nitrogen and oxygen atoms in total. The predicted octanol–water partition coefficient (Wildman–Crippen LogP) is 6.61. The molecule has 9 rings (SSSR count). The second-order valence-electron chi connectivity index (χ2n) is 13.3. The first-order valence-electron chi connectivity index (χ1n) is 17.8. The fourth-order valence-electron chi connectivity index (χ4n) is 8.22. The van der Waals surface area contributed by atoms with E-state index >= 15 is 0 Å². The van der Waals surface area contributed by atoms with Gasteiger partial charge in [0.1, 0.15) is 41.7 Å². The molecule has 0 aromatic heterocycles. The summed E-state index contributed by atoms with van der Waals surface area (Å²) in [7, 11) is -2.80. The Kier molecular flexibility index (Phi) is 10.2. The standard InChI is InChI=1S/C48H39OP2.HI/c1-5-16-40(17-6-1)50(41-18-7-2-8-19-41)42-30-28-39(29-31-42)49-34-35-51(43-20-9-3-10-21-43,44-22-11-4-12-23-44)46-33-27-38-25-24-36-14-13-15-37-26-32-45(46)48(38)47(36)37;/h1-25,27-33,48H,26,34-35H2;1H/q+1;/p-1. The molecule has 1 atom stereocenters. The van der Waals surface area contributed by atoms with E-state index in [1.54, 1.807) is 0 Å². The average Bonchev–Trinajstić information content (AvgIpc) is 3.21. The van der Waals surface area contributed by atoms with Crippen molar-refractivity contribution in [1.29, 1.82) is 0 Å². The van der Waals surface area contributed by atoms with Crippen molar-refractivity contribution < 1.29 is 28.7 Å². The molecule has 0 fully saturated rings. The molecule has 0 bridgehead atoms. The maximum Gasteiger partial charge on any atom is 0.123 e. The second kappa shape index (κ2) is 15.3. The first-order chi connectivity index (χ1) is 25.3. The SMILES string of the molecule is C1=Cc2cccc3c2C2C1=CC=C([P+](CCOc1ccc(P(c4ccccc4)c4ccccc4)cc1)(c1ccccc1)c1ccccc1)C2=CC3.[I-]. The van der Waals surface area contributed by atoms with E-state index in [0.29, 0.717) is 6.61 Å². The monoisotopic (exact) mass is 820 g/mol. The number of ether oxygens (including phenoxy) is 1. The maximum atomic E-state index is 6.75. The Labute approximate surface area is 326 Å². The summed E-state index contributed by atoms with van der Waals surface area (Å²) in [6.45, 7) is 0.622. The van der Waals surface area contributed by atoms with Crippen LogP contribution in [0, 0.1) is 0 Å². The third-order valence-electron chi connectivity index (χ3n) is 10.5. The van der Waals surface area contributed by atoms with E-state index in [2.05, 4.69) is 194 Å². The average molecular weight is 821 g/mol. The van der Waals surface area contributed by atoms with Crippen LogP contribution in [-0.2, 0) is 6.42 Å². The summed E-state index contributed by atoms with van der Waals surface area (Å²) in [5.41, 5.74) is 7.19. The Morgan fingerprint density at radius 3 is 1.77 bits per heavy atom. The summed E-state index contributed by atoms with van der Waals surface area (Å²) in [5, 5.41) is 8.32. The van der Waals surface area contributed by atoms with Crippen LogP contribution in [0.5, 0.6) is 5.75 Å². The topological polar surface area (TPSA) is 9.23 Å². The van der Waals surface area contributed by atoms with Gasteiger partial charge in [0, 0.05) is 11.5 Å². The molecule has 0 amide bonds. The van der Waals surface area contributed by atoms with Gasteiger partial charge in [-0.15, -0.1) is 0 Å². The van der Waals surface area contributed by atoms with Gasteiger partial charge in [-0.1, -0.05) is 152 Å². The highest BCUT2D eigenvalue weighted by molar-refractivity contribution is 7.93. The molecule has 0 N–H and O–H groups in total. The van der Waals surface area contributed by atoms with Crippen LogP contribution >= 0.6 is 15.2 Å². The van der Waals surface area contributed by atoms with Crippen molar-refractivity contribution >= 4 is 47.8 Å². The molecular weight excluding hydrogens is 781 g/mol. The number of halogens is 1. The van der Waals surface area contributed by atoms with Crippen LogP contribution in [0.25, 0.3) is 6.08 Å². The molecule has 0 heterocycles. The van der Waals surface area contributed by atoms with Gasteiger partial charge >= 0.3 is 0 Å². The molecule has 1 unspecified atom stereocenters. The van der Waals surface area contributed by atoms with Gasteiger partial charge in [0.25, 0.3) is 0 Å². The van der Waals surface area contributed by atoms with E-state index in [-0.39, 0.29) is 29.9 Å². The number of rotatable bonds is 10. The van der Waals surface area contributed by atoms with Gasteiger partial charge in [0.05, 0.1) is 0 Å². The van der Waals surface area contributed by atoms with E-state index < -0.39 is 15.2 Å². The molecule has 6 aromatic rings. The van der Waals surface area contributed by atoms with Gasteiger partial charge < -0.3 is 28.7 Å². The lowest BCUT2D eigenvalue weighted by Gasteiger charge is -2.39. The molecule has 3 aliphatic carbocycles. The summed E-state index contributed by atoms with van der Waals surface area (Å²) >= 11 is 0. The lowest BCUT2D eigenvalue weighted by atomic mass is 9.71. The molecule has 0 saturated carbocycles. The first kappa shape index (κ1) is 34.7. The van der Waals surface area contributed by atoms with E-state index in [4.69, 9.17) is 4.74 Å². The Hall–Kier alpha value is -4.33. The predicted molar refractivity (Wildman–Crippen MR) is 221 cm³/mol. The summed E-state index contributed by atoms with van der Waals surface area (Å²) in [5.74, 6) is 1.20. The smallest absolute Gasteiger partial charge is 0.123 e. The van der Waals surface area contributed by atoms with E-state index in [0.717, 1.165) is 18.3 Å². The van der Waals surface area contributed by atoms with E-state index in [1.807, 2.05) is 0 Å². The van der Waals surface area contributed by atoms with Crippen LogP contribution in [0.2, 0.25) is 0 Å². The Balaban J connectivity index is 0.00000387. The van der Waals surface area contributed by atoms with E-state index in [1.165, 1.54) is 59.7 Å². The number of benzene rings is 6. The van der Waals surface area contributed by atoms with Crippen molar-refractivity contribution in [1.82, 2.24) is 0 Å². The van der Waals surface area contributed by atoms with Gasteiger partial charge in [0.2, 0.25) is 0 Å². The summed E-state index contributed by atoms with van der Waals surface area (Å²) < 4.78 is 6.75. The molecule has 52 heavy (non-hydrogen) atoms. The highest BCUT2D eigenvalue weighted by Crippen LogP contribution is 2.69. The highest BCUT2D eigenvalue weighted by Gasteiger charge is 2.51. The molecular formula is C48H39IOP2. The lowest BCUT2D eigenvalue weighted by Crippen LogP contribution is -3.00. The minimum Gasteiger partial charge on any atom is -1.00 e. The van der Waals surface area contributed by atoms with Crippen LogP contribution in [0.1, 0.15) is 22.6 Å². The number of hydrogen-bond acceptors (Lipinski definition) is 1. The van der Waals surface area contributed by atoms with Crippen LogP contribution in [0.15, 0.2) is 205 Å². The maximum absolute atomic E-state index is 6.75. The minimum atomic E-state index is -2.13. The van der Waals surface area contributed by atoms with Gasteiger partial charge in [-0.3, -0.25) is 0 Å². The zero-order valence-electron chi connectivity index (χ0n) is 28.9. The lowest BCUT2D eigenvalue weighted by molar-refractivity contribution is -0.0000100. The van der Waals surface area contributed by atoms with Gasteiger partial charge in [-0.25, -0.2) is 0 Å². The third-order valence-corrected chi connectivity index (χ3v) is 17.4. The molecule has 3 aliphatic rings. The fraction of sp³-hybridized carbons (Fsp3) is 0.0833. The van der Waals surface area contributed by atoms with Crippen molar-refractivity contribution in [3.63, 3.8) is 0 Å². The summed E-state index contributed by atoms with van der Waals surface area (Å²) in [6.07, 6.45) is 13.9. The van der Waals surface area contributed by atoms with Gasteiger partial charge in [0.15, 0.2) is 0 Å². The highest BCUT2D eigenvalue weighted by atomic mass is 127. The zero-order chi connectivity index (χ0) is 34.0. The first-order valence-corrected chi connectivity index (χ1v) is 21.2. The van der Waals surface area contributed by atoms with Crippen molar-refractivity contribution in [3.05, 3.63) is 221 Å². The molecule has 0 saturated heterocycles. The Morgan fingerprint density at radius 1 is 0.577 bits per heavy atom. The van der Waals surface area contributed by atoms with Crippen molar-refractivity contribution in [2.75, 3.05) is 12.8 Å². The van der Waals surface area contributed by atoms with Crippen LogP contribution in [0.3, 0.4) is 0 Å². The quantitative estimate of drug-likeness (QED) is 0.112. The summed E-state index contributed by atoms with van der Waals surface area (Å²) in [4.78, 5) is 0. The van der Waals surface area contributed by atoms with Crippen molar-refractivity contribution in [2.24, 2.45) is 0 Å². The molecule has 6 aromatic carbocycles. The summed E-state index contributed by atoms with van der Waals surface area (Å²) in [6, 6.07) is 60.0. The number of hydrogen-bond donors (Lipinski definition) is 0. The van der Waals surface area contributed by atoms with Crippen LogP contribution in [0.4, 0.5) is 0 Å². The van der Waals surface area contributed by atoms with Crippen LogP contribution < -0.4 is 55.2 Å². The largest absolute Gasteiger partial charge is 1.00 e. The molecule has 254 valence electrons. The van der Waals surface area contributed by atoms with Crippen LogP contribution in [-0.4, -0.2) is 12.8 Å². The van der Waals surface area contributed by atoms with Crippen molar-refractivity contribution in [3.8, 4) is 5.75 Å². The van der Waals surface area contributed by atoms with Gasteiger partial charge in [-0.05, 0) is 95.0 Å². The van der Waals surface area contributed by atoms with E-state index in [9.17, 15) is 0 Å². The van der Waals surface area contributed by atoms with Crippen molar-refractivity contribution in [2.45, 2.75) is 12.3 Å². The third kappa shape index (κ3) is 6.36. The molecule has 4 heteroatoms. The Bertz CT molecular complexity index is 2210. The molecule has 0 aliphatic heterocycles. The van der Waals surface area contributed by atoms with Gasteiger partial charge in [-0.2, -0.15) is 0 Å². The minimum absolute atomic E-state index is 0. The normalized spacial score (nSPS) is 15.5. The second-order valence-corrected chi connectivity index (χ2v) is 19.1. The Morgan fingerprint density at radius 2 is 1.15 bits per heavy atom.